The fourth-order valence-corrected chi connectivity index (χ4v) is 5.48. The molecule has 1 aliphatic carbocycles. The summed E-state index contributed by atoms with van der Waals surface area (Å²) < 4.78 is 23.6. The van der Waals surface area contributed by atoms with Gasteiger partial charge in [-0.05, 0) is 48.6 Å². The lowest BCUT2D eigenvalue weighted by Crippen LogP contribution is -2.26. The number of rotatable bonds is 10. The molecule has 1 aliphatic rings. The van der Waals surface area contributed by atoms with Crippen LogP contribution in [-0.4, -0.2) is 15.3 Å². The molecular formula is C39H34FN3O2. The maximum absolute atomic E-state index is 16.1. The fourth-order valence-electron chi connectivity index (χ4n) is 5.48. The van der Waals surface area contributed by atoms with Gasteiger partial charge in [-0.3, -0.25) is 9.36 Å². The van der Waals surface area contributed by atoms with Gasteiger partial charge in [0.25, 0.3) is 5.56 Å². The maximum Gasteiger partial charge on any atom is 0.279 e. The van der Waals surface area contributed by atoms with Gasteiger partial charge in [0.15, 0.2) is 11.6 Å². The van der Waals surface area contributed by atoms with Crippen LogP contribution in [0.25, 0.3) is 11.4 Å². The Morgan fingerprint density at radius 3 is 2.27 bits per heavy atom. The molecule has 0 saturated carbocycles. The van der Waals surface area contributed by atoms with Crippen molar-refractivity contribution in [1.82, 2.24) is 9.55 Å². The minimum absolute atomic E-state index is 0.00420. The van der Waals surface area contributed by atoms with E-state index < -0.39 is 5.82 Å². The summed E-state index contributed by atoms with van der Waals surface area (Å²) in [6.07, 6.45) is 9.57. The zero-order valence-electron chi connectivity index (χ0n) is 25.1. The Morgan fingerprint density at radius 1 is 0.889 bits per heavy atom. The van der Waals surface area contributed by atoms with E-state index in [1.54, 1.807) is 29.7 Å². The van der Waals surface area contributed by atoms with Gasteiger partial charge < -0.3 is 4.74 Å². The van der Waals surface area contributed by atoms with Gasteiger partial charge in [0.05, 0.1) is 17.0 Å². The van der Waals surface area contributed by atoms with Gasteiger partial charge in [-0.15, -0.1) is 0 Å². The summed E-state index contributed by atoms with van der Waals surface area (Å²) >= 11 is 0. The molecule has 1 aromatic heterocycles. The molecule has 0 amide bonds. The minimum atomic E-state index is -0.562. The summed E-state index contributed by atoms with van der Waals surface area (Å²) in [5.74, 6) is -0.210. The van der Waals surface area contributed by atoms with E-state index in [0.717, 1.165) is 28.8 Å². The molecule has 5 nitrogen and oxygen atoms in total. The van der Waals surface area contributed by atoms with Crippen LogP contribution in [0, 0.1) is 18.7 Å². The Balaban J connectivity index is 1.46. The first-order valence-electron chi connectivity index (χ1n) is 15.2. The average molecular weight is 596 g/mol. The van der Waals surface area contributed by atoms with Crippen LogP contribution in [0.3, 0.4) is 0 Å². The third-order valence-electron chi connectivity index (χ3n) is 7.86. The van der Waals surface area contributed by atoms with Crippen LogP contribution in [0.15, 0.2) is 143 Å². The number of hydrogen-bond acceptors (Lipinski definition) is 4. The second kappa shape index (κ2) is 14.0. The van der Waals surface area contributed by atoms with Crippen molar-refractivity contribution in [3.63, 3.8) is 0 Å². The smallest absolute Gasteiger partial charge is 0.279 e. The van der Waals surface area contributed by atoms with E-state index in [1.807, 2.05) is 103 Å². The highest BCUT2D eigenvalue weighted by atomic mass is 19.1. The molecule has 0 aliphatic heterocycles. The Morgan fingerprint density at radius 2 is 1.58 bits per heavy atom. The van der Waals surface area contributed by atoms with E-state index in [-0.39, 0.29) is 40.9 Å². The van der Waals surface area contributed by atoms with Crippen molar-refractivity contribution < 1.29 is 9.13 Å². The topological polar surface area (TPSA) is 56.5 Å². The first kappa shape index (κ1) is 29.7. The van der Waals surface area contributed by atoms with Gasteiger partial charge in [-0.2, -0.15) is 0 Å². The van der Waals surface area contributed by atoms with Crippen molar-refractivity contribution in [3.8, 4) is 17.1 Å². The molecule has 1 heterocycles. The second-order valence-electron chi connectivity index (χ2n) is 11.0. The van der Waals surface area contributed by atoms with E-state index >= 15 is 4.39 Å². The van der Waals surface area contributed by atoms with E-state index in [9.17, 15) is 4.79 Å². The summed E-state index contributed by atoms with van der Waals surface area (Å²) in [6.45, 7) is 2.28. The molecule has 1 unspecified atom stereocenters. The van der Waals surface area contributed by atoms with E-state index in [1.165, 1.54) is 0 Å². The van der Waals surface area contributed by atoms with Gasteiger partial charge in [-0.1, -0.05) is 121 Å². The van der Waals surface area contributed by atoms with Gasteiger partial charge in [-0.25, -0.2) is 14.4 Å². The Bertz CT molecular complexity index is 1910. The lowest BCUT2D eigenvalue weighted by molar-refractivity contribution is 0.290. The number of ether oxygens (including phenoxy) is 1. The van der Waals surface area contributed by atoms with Crippen LogP contribution in [0.1, 0.15) is 28.8 Å². The van der Waals surface area contributed by atoms with Gasteiger partial charge >= 0.3 is 0 Å². The van der Waals surface area contributed by atoms with Gasteiger partial charge in [0.1, 0.15) is 18.1 Å². The number of benzene rings is 4. The Hall–Kier alpha value is -5.36. The number of aryl methyl sites for hydroxylation is 2. The fraction of sp³-hybridized carbons (Fsp3) is 0.154. The largest absolute Gasteiger partial charge is 0.486 e. The Labute approximate surface area is 262 Å². The van der Waals surface area contributed by atoms with E-state index in [0.29, 0.717) is 18.7 Å². The molecule has 0 radical (unpaired) electrons. The van der Waals surface area contributed by atoms with Crippen LogP contribution in [0.5, 0.6) is 5.75 Å². The molecule has 224 valence electrons. The zero-order valence-corrected chi connectivity index (χ0v) is 25.1. The number of nitrogens with zero attached hydrogens (tertiary/aromatic N) is 3. The lowest BCUT2D eigenvalue weighted by Gasteiger charge is -2.19. The molecule has 0 N–H and O–H groups in total. The molecule has 4 aromatic carbocycles. The quantitative estimate of drug-likeness (QED) is 0.152. The highest BCUT2D eigenvalue weighted by Crippen LogP contribution is 2.30. The highest BCUT2D eigenvalue weighted by molar-refractivity contribution is 6.05. The maximum atomic E-state index is 16.1. The molecule has 6 rings (SSSR count). The first-order chi connectivity index (χ1) is 22.1. The summed E-state index contributed by atoms with van der Waals surface area (Å²) in [5.41, 5.74) is 4.30. The predicted molar refractivity (Wildman–Crippen MR) is 179 cm³/mol. The average Bonchev–Trinajstić information content (AvgIpc) is 3.09. The van der Waals surface area contributed by atoms with E-state index in [4.69, 9.17) is 14.7 Å². The number of aliphatic imine (C=N–C) groups is 1. The number of aromatic nitrogens is 2. The molecule has 5 aromatic rings. The summed E-state index contributed by atoms with van der Waals surface area (Å²) in [6, 6.07) is 34.4. The van der Waals surface area contributed by atoms with Crippen molar-refractivity contribution in [2.45, 2.75) is 32.9 Å². The summed E-state index contributed by atoms with van der Waals surface area (Å²) in [7, 11) is 0. The van der Waals surface area contributed by atoms with Crippen LogP contribution in [0.2, 0.25) is 0 Å². The number of allylic oxidation sites excluding steroid dienone is 4. The normalized spacial score (nSPS) is 14.4. The van der Waals surface area contributed by atoms with Crippen LogP contribution < -0.4 is 10.3 Å². The Kier molecular flexibility index (Phi) is 9.21. The lowest BCUT2D eigenvalue weighted by atomic mass is 9.91. The molecule has 0 bridgehead atoms. The molecule has 1 atom stereocenters. The number of hydrogen-bond donors (Lipinski definition) is 0. The van der Waals surface area contributed by atoms with Gasteiger partial charge in [0.2, 0.25) is 0 Å². The number of halogens is 1. The SMILES string of the molecule is Cc1nc(-c2cccc(OCc3ccccc3)c2F)n(CCc2ccccc2)c(=O)c1N=C(c1ccccc1)C1C=CC=CC1. The third-order valence-corrected chi connectivity index (χ3v) is 7.86. The van der Waals surface area contributed by atoms with Gasteiger partial charge in [0, 0.05) is 12.5 Å². The second-order valence-corrected chi connectivity index (χ2v) is 11.0. The molecule has 0 fully saturated rings. The van der Waals surface area contributed by atoms with Crippen LogP contribution in [-0.2, 0) is 19.6 Å². The van der Waals surface area contributed by atoms with Crippen molar-refractivity contribution in [3.05, 3.63) is 172 Å². The standard InChI is InChI=1S/C39H34FN3O2/c1-28-36(42-37(31-19-10-4-11-20-31)32-21-12-5-13-22-32)39(44)43(26-25-29-15-6-2-7-16-29)38(41-28)33-23-14-24-34(35(33)40)45-27-30-17-8-3-9-18-30/h2-21,23-24,32H,22,25-27H2,1H3. The van der Waals surface area contributed by atoms with Crippen LogP contribution >= 0.6 is 0 Å². The highest BCUT2D eigenvalue weighted by Gasteiger charge is 2.22. The van der Waals surface area contributed by atoms with Crippen LogP contribution in [0.4, 0.5) is 10.1 Å². The van der Waals surface area contributed by atoms with Crippen molar-refractivity contribution in [1.29, 1.82) is 0 Å². The molecule has 6 heteroatoms. The van der Waals surface area contributed by atoms with Crippen molar-refractivity contribution in [2.75, 3.05) is 0 Å². The predicted octanol–water partition coefficient (Wildman–Crippen LogP) is 8.43. The molecule has 0 saturated heterocycles. The monoisotopic (exact) mass is 595 g/mol. The van der Waals surface area contributed by atoms with E-state index in [2.05, 4.69) is 12.2 Å². The first-order valence-corrected chi connectivity index (χ1v) is 15.2. The summed E-state index contributed by atoms with van der Waals surface area (Å²) in [5, 5.41) is 0. The zero-order chi connectivity index (χ0) is 31.0. The van der Waals surface area contributed by atoms with Crippen molar-refractivity contribution in [2.24, 2.45) is 10.9 Å². The molecule has 0 spiro atoms. The third kappa shape index (κ3) is 6.91. The molecular weight excluding hydrogens is 561 g/mol. The minimum Gasteiger partial charge on any atom is -0.486 e. The summed E-state index contributed by atoms with van der Waals surface area (Å²) in [4.78, 5) is 24.3. The molecule has 45 heavy (non-hydrogen) atoms. The van der Waals surface area contributed by atoms with Crippen molar-refractivity contribution >= 4 is 11.4 Å².